The van der Waals surface area contributed by atoms with Crippen LogP contribution in [0.1, 0.15) is 25.8 Å². The SMILES string of the molecule is CCOC(=O)CCP(=O)(COCc1ccccc1)OCC. The Labute approximate surface area is 126 Å². The van der Waals surface area contributed by atoms with Crippen LogP contribution in [0.4, 0.5) is 0 Å². The second-order valence-corrected chi connectivity index (χ2v) is 7.07. The minimum Gasteiger partial charge on any atom is -0.466 e. The fraction of sp³-hybridized carbons (Fsp3) is 0.533. The summed E-state index contributed by atoms with van der Waals surface area (Å²) in [6.07, 6.45) is 0.240. The molecule has 0 saturated heterocycles. The van der Waals surface area contributed by atoms with E-state index in [2.05, 4.69) is 0 Å². The minimum atomic E-state index is -2.96. The Bertz CT molecular complexity index is 460. The average Bonchev–Trinajstić information content (AvgIpc) is 2.47. The summed E-state index contributed by atoms with van der Waals surface area (Å²) in [7, 11) is -2.96. The van der Waals surface area contributed by atoms with Crippen molar-refractivity contribution in [2.45, 2.75) is 26.9 Å². The van der Waals surface area contributed by atoms with Crippen molar-refractivity contribution in [2.24, 2.45) is 0 Å². The fourth-order valence-corrected chi connectivity index (χ4v) is 3.47. The summed E-state index contributed by atoms with van der Waals surface area (Å²) in [6.45, 7) is 4.53. The number of ether oxygens (including phenoxy) is 2. The summed E-state index contributed by atoms with van der Waals surface area (Å²) >= 11 is 0. The van der Waals surface area contributed by atoms with Gasteiger partial charge in [0.1, 0.15) is 6.35 Å². The highest BCUT2D eigenvalue weighted by atomic mass is 31.2. The molecule has 0 spiro atoms. The van der Waals surface area contributed by atoms with Crippen molar-refractivity contribution in [3.63, 3.8) is 0 Å². The molecule has 1 rings (SSSR count). The number of hydrogen-bond acceptors (Lipinski definition) is 5. The molecular formula is C15H23O5P. The zero-order valence-corrected chi connectivity index (χ0v) is 13.5. The van der Waals surface area contributed by atoms with Crippen molar-refractivity contribution < 1.29 is 23.4 Å². The molecule has 1 aromatic carbocycles. The lowest BCUT2D eigenvalue weighted by molar-refractivity contribution is -0.142. The molecular weight excluding hydrogens is 291 g/mol. The highest BCUT2D eigenvalue weighted by Crippen LogP contribution is 2.47. The van der Waals surface area contributed by atoms with Crippen molar-refractivity contribution >= 4 is 13.3 Å². The second-order valence-electron chi connectivity index (χ2n) is 4.47. The number of rotatable bonds is 10. The van der Waals surface area contributed by atoms with Gasteiger partial charge >= 0.3 is 5.97 Å². The van der Waals surface area contributed by atoms with Gasteiger partial charge in [-0.2, -0.15) is 0 Å². The third kappa shape index (κ3) is 7.42. The van der Waals surface area contributed by atoms with Gasteiger partial charge in [0.2, 0.25) is 7.37 Å². The predicted octanol–water partition coefficient (Wildman–Crippen LogP) is 3.43. The van der Waals surface area contributed by atoms with Gasteiger partial charge in [0.05, 0.1) is 26.2 Å². The molecule has 0 aliphatic rings. The molecule has 6 heteroatoms. The molecule has 1 aromatic rings. The lowest BCUT2D eigenvalue weighted by Crippen LogP contribution is -2.10. The summed E-state index contributed by atoms with van der Waals surface area (Å²) in [5.41, 5.74) is 1.01. The predicted molar refractivity (Wildman–Crippen MR) is 81.4 cm³/mol. The van der Waals surface area contributed by atoms with Gasteiger partial charge in [0, 0.05) is 6.16 Å². The van der Waals surface area contributed by atoms with Crippen LogP contribution in [0.3, 0.4) is 0 Å². The zero-order valence-electron chi connectivity index (χ0n) is 12.6. The third-order valence-electron chi connectivity index (χ3n) is 2.73. The van der Waals surface area contributed by atoms with Gasteiger partial charge in [0.25, 0.3) is 0 Å². The molecule has 0 radical (unpaired) electrons. The van der Waals surface area contributed by atoms with E-state index in [1.165, 1.54) is 0 Å². The lowest BCUT2D eigenvalue weighted by Gasteiger charge is -2.17. The normalized spacial score (nSPS) is 13.6. The van der Waals surface area contributed by atoms with E-state index >= 15 is 0 Å². The number of esters is 1. The molecule has 21 heavy (non-hydrogen) atoms. The first kappa shape index (κ1) is 17.9. The van der Waals surface area contributed by atoms with Crippen LogP contribution in [0, 0.1) is 0 Å². The molecule has 0 bridgehead atoms. The first-order chi connectivity index (χ1) is 10.1. The molecule has 1 atom stereocenters. The third-order valence-corrected chi connectivity index (χ3v) is 4.94. The highest BCUT2D eigenvalue weighted by molar-refractivity contribution is 7.58. The van der Waals surface area contributed by atoms with Gasteiger partial charge in [-0.15, -0.1) is 0 Å². The molecule has 0 aliphatic carbocycles. The Hall–Kier alpha value is -1.16. The van der Waals surface area contributed by atoms with E-state index in [1.807, 2.05) is 30.3 Å². The Balaban J connectivity index is 2.43. The van der Waals surface area contributed by atoms with Gasteiger partial charge in [-0.05, 0) is 19.4 Å². The number of carbonyl (C=O) groups excluding carboxylic acids is 1. The number of benzene rings is 1. The van der Waals surface area contributed by atoms with Gasteiger partial charge < -0.3 is 14.0 Å². The Morgan fingerprint density at radius 3 is 2.48 bits per heavy atom. The molecule has 0 fully saturated rings. The summed E-state index contributed by atoms with van der Waals surface area (Å²) < 4.78 is 28.2. The molecule has 118 valence electrons. The van der Waals surface area contributed by atoms with E-state index < -0.39 is 7.37 Å². The topological polar surface area (TPSA) is 61.8 Å². The van der Waals surface area contributed by atoms with Gasteiger partial charge in [0.15, 0.2) is 0 Å². The Morgan fingerprint density at radius 2 is 1.86 bits per heavy atom. The van der Waals surface area contributed by atoms with Crippen molar-refractivity contribution in [2.75, 3.05) is 25.7 Å². The largest absolute Gasteiger partial charge is 0.466 e. The van der Waals surface area contributed by atoms with Gasteiger partial charge in [-0.25, -0.2) is 0 Å². The van der Waals surface area contributed by atoms with Crippen molar-refractivity contribution in [3.8, 4) is 0 Å². The molecule has 0 amide bonds. The summed E-state index contributed by atoms with van der Waals surface area (Å²) in [5, 5.41) is 0. The molecule has 0 N–H and O–H groups in total. The molecule has 0 saturated carbocycles. The maximum absolute atomic E-state index is 12.6. The van der Waals surface area contributed by atoms with Crippen LogP contribution in [0.5, 0.6) is 0 Å². The summed E-state index contributed by atoms with van der Waals surface area (Å²) in [6, 6.07) is 9.63. The quantitative estimate of drug-likeness (QED) is 0.489. The molecule has 5 nitrogen and oxygen atoms in total. The van der Waals surface area contributed by atoms with E-state index in [0.29, 0.717) is 19.8 Å². The lowest BCUT2D eigenvalue weighted by atomic mass is 10.2. The van der Waals surface area contributed by atoms with Crippen LogP contribution in [0.25, 0.3) is 0 Å². The van der Waals surface area contributed by atoms with E-state index in [-0.39, 0.29) is 24.9 Å². The Kier molecular flexibility index (Phi) is 8.28. The van der Waals surface area contributed by atoms with E-state index in [1.54, 1.807) is 13.8 Å². The van der Waals surface area contributed by atoms with E-state index in [4.69, 9.17) is 14.0 Å². The van der Waals surface area contributed by atoms with Gasteiger partial charge in [-0.3, -0.25) is 9.36 Å². The van der Waals surface area contributed by atoms with E-state index in [9.17, 15) is 9.36 Å². The summed E-state index contributed by atoms with van der Waals surface area (Å²) in [4.78, 5) is 11.3. The average molecular weight is 314 g/mol. The highest BCUT2D eigenvalue weighted by Gasteiger charge is 2.24. The smallest absolute Gasteiger partial charge is 0.306 e. The van der Waals surface area contributed by atoms with Gasteiger partial charge in [-0.1, -0.05) is 30.3 Å². The molecule has 1 unspecified atom stereocenters. The second kappa shape index (κ2) is 9.72. The summed E-state index contributed by atoms with van der Waals surface area (Å²) in [5.74, 6) is -0.361. The Morgan fingerprint density at radius 1 is 1.14 bits per heavy atom. The maximum Gasteiger partial charge on any atom is 0.306 e. The number of hydrogen-bond donors (Lipinski definition) is 0. The minimum absolute atomic E-state index is 0.00907. The van der Waals surface area contributed by atoms with Crippen LogP contribution < -0.4 is 0 Å². The first-order valence-corrected chi connectivity index (χ1v) is 9.09. The molecule has 0 aromatic heterocycles. The van der Waals surface area contributed by atoms with Crippen LogP contribution in [0.15, 0.2) is 30.3 Å². The van der Waals surface area contributed by atoms with Crippen LogP contribution >= 0.6 is 7.37 Å². The first-order valence-electron chi connectivity index (χ1n) is 7.09. The molecule has 0 aliphatic heterocycles. The standard InChI is InChI=1S/C15H23O5P/c1-3-19-15(16)10-11-21(17,20-4-2)13-18-12-14-8-6-5-7-9-14/h5-9H,3-4,10-13H2,1-2H3. The van der Waals surface area contributed by atoms with Crippen molar-refractivity contribution in [3.05, 3.63) is 35.9 Å². The van der Waals surface area contributed by atoms with Crippen molar-refractivity contribution in [1.29, 1.82) is 0 Å². The van der Waals surface area contributed by atoms with Crippen LogP contribution in [-0.4, -0.2) is 31.7 Å². The van der Waals surface area contributed by atoms with Crippen LogP contribution in [0.2, 0.25) is 0 Å². The zero-order chi connectivity index (χ0) is 15.6. The number of carbonyl (C=O) groups is 1. The van der Waals surface area contributed by atoms with Crippen LogP contribution in [-0.2, 0) is 30.0 Å². The van der Waals surface area contributed by atoms with Crippen molar-refractivity contribution in [1.82, 2.24) is 0 Å². The van der Waals surface area contributed by atoms with E-state index in [0.717, 1.165) is 5.56 Å². The maximum atomic E-state index is 12.6. The molecule has 0 heterocycles. The monoisotopic (exact) mass is 314 g/mol. The fourth-order valence-electron chi connectivity index (χ4n) is 1.77.